The van der Waals surface area contributed by atoms with E-state index in [0.29, 0.717) is 0 Å². The Kier molecular flexibility index (Phi) is 16.0. The van der Waals surface area contributed by atoms with Gasteiger partial charge in [0.15, 0.2) is 5.78 Å². The Balaban J connectivity index is 0. The van der Waals surface area contributed by atoms with Crippen LogP contribution in [0.5, 0.6) is 0 Å². The van der Waals surface area contributed by atoms with Gasteiger partial charge in [-0.25, -0.2) is 0 Å². The first-order valence-electron chi connectivity index (χ1n) is 6.46. The van der Waals surface area contributed by atoms with Gasteiger partial charge in [0.25, 0.3) is 0 Å². The number of carbonyl (C=O) groups excluding carboxylic acids is 1. The SMILES string of the molecule is O=C(CO)[C@H](O)[C@@H](O)[C@H](O)CO.OCCCCCCO. The zero-order valence-corrected chi connectivity index (χ0v) is 11.4. The van der Waals surface area contributed by atoms with Crippen LogP contribution >= 0.6 is 0 Å². The average molecular weight is 298 g/mol. The molecule has 0 unspecified atom stereocenters. The molecule has 0 aromatic heterocycles. The summed E-state index contributed by atoms with van der Waals surface area (Å²) in [4.78, 5) is 10.5. The Morgan fingerprint density at radius 1 is 0.800 bits per heavy atom. The Labute approximate surface area is 117 Å². The summed E-state index contributed by atoms with van der Waals surface area (Å²) in [6, 6.07) is 0. The third kappa shape index (κ3) is 11.2. The summed E-state index contributed by atoms with van der Waals surface area (Å²) in [6.07, 6.45) is -1.39. The van der Waals surface area contributed by atoms with Crippen LogP contribution in [0.2, 0.25) is 0 Å². The fourth-order valence-corrected chi connectivity index (χ4v) is 1.18. The summed E-state index contributed by atoms with van der Waals surface area (Å²) in [6.45, 7) is -1.12. The summed E-state index contributed by atoms with van der Waals surface area (Å²) in [7, 11) is 0. The largest absolute Gasteiger partial charge is 0.396 e. The highest BCUT2D eigenvalue weighted by Gasteiger charge is 2.28. The molecule has 0 amide bonds. The highest BCUT2D eigenvalue weighted by molar-refractivity contribution is 5.84. The van der Waals surface area contributed by atoms with Crippen LogP contribution in [0, 0.1) is 0 Å². The van der Waals surface area contributed by atoms with Gasteiger partial charge in [-0.15, -0.1) is 0 Å². The predicted molar refractivity (Wildman–Crippen MR) is 69.8 cm³/mol. The standard InChI is InChI=1S/C6H12O6.C6H14O2/c7-1-3(9)5(11)6(12)4(10)2-8;7-5-3-1-2-4-6-8/h3,5-9,11-12H,1-2H2;7-8H,1-6H2/t3-,5+,6+;/m1./s1. The van der Waals surface area contributed by atoms with E-state index in [2.05, 4.69) is 0 Å². The number of carbonyl (C=O) groups is 1. The minimum Gasteiger partial charge on any atom is -0.396 e. The van der Waals surface area contributed by atoms with E-state index in [0.717, 1.165) is 25.7 Å². The molecule has 122 valence electrons. The first-order valence-corrected chi connectivity index (χ1v) is 6.46. The number of hydrogen-bond acceptors (Lipinski definition) is 8. The summed E-state index contributed by atoms with van der Waals surface area (Å²) in [5.41, 5.74) is 0. The van der Waals surface area contributed by atoms with Gasteiger partial charge in [0.1, 0.15) is 24.9 Å². The molecule has 0 aliphatic rings. The average Bonchev–Trinajstić information content (AvgIpc) is 2.49. The van der Waals surface area contributed by atoms with E-state index in [1.165, 1.54) is 0 Å². The molecule has 7 N–H and O–H groups in total. The van der Waals surface area contributed by atoms with Gasteiger partial charge in [-0.05, 0) is 12.8 Å². The van der Waals surface area contributed by atoms with Crippen LogP contribution in [-0.4, -0.2) is 86.3 Å². The minimum absolute atomic E-state index is 0.283. The molecule has 0 radical (unpaired) electrons. The molecule has 0 fully saturated rings. The van der Waals surface area contributed by atoms with E-state index in [1.54, 1.807) is 0 Å². The zero-order valence-electron chi connectivity index (χ0n) is 11.4. The second-order valence-electron chi connectivity index (χ2n) is 4.17. The Morgan fingerprint density at radius 3 is 1.55 bits per heavy atom. The Hall–Kier alpha value is -0.610. The number of aliphatic hydroxyl groups is 7. The monoisotopic (exact) mass is 298 g/mol. The highest BCUT2D eigenvalue weighted by Crippen LogP contribution is 2.00. The number of unbranched alkanes of at least 4 members (excludes halogenated alkanes) is 3. The van der Waals surface area contributed by atoms with E-state index in [-0.39, 0.29) is 13.2 Å². The molecule has 8 heteroatoms. The van der Waals surface area contributed by atoms with Gasteiger partial charge < -0.3 is 35.7 Å². The smallest absolute Gasteiger partial charge is 0.189 e. The molecule has 0 aliphatic heterocycles. The number of aliphatic hydroxyl groups excluding tert-OH is 7. The van der Waals surface area contributed by atoms with Crippen molar-refractivity contribution >= 4 is 5.78 Å². The number of ketones is 1. The summed E-state index contributed by atoms with van der Waals surface area (Å²) >= 11 is 0. The van der Waals surface area contributed by atoms with Crippen LogP contribution in [-0.2, 0) is 4.79 Å². The predicted octanol–water partition coefficient (Wildman–Crippen LogP) is -2.85. The van der Waals surface area contributed by atoms with Crippen molar-refractivity contribution in [3.63, 3.8) is 0 Å². The van der Waals surface area contributed by atoms with Crippen LogP contribution in [0.3, 0.4) is 0 Å². The van der Waals surface area contributed by atoms with E-state index >= 15 is 0 Å². The second-order valence-corrected chi connectivity index (χ2v) is 4.17. The quantitative estimate of drug-likeness (QED) is 0.212. The molecule has 0 saturated heterocycles. The van der Waals surface area contributed by atoms with Crippen LogP contribution in [0.4, 0.5) is 0 Å². The molecule has 3 atom stereocenters. The Bertz CT molecular complexity index is 218. The number of hydrogen-bond donors (Lipinski definition) is 7. The fraction of sp³-hybridized carbons (Fsp3) is 0.917. The van der Waals surface area contributed by atoms with Gasteiger partial charge in [0, 0.05) is 13.2 Å². The normalized spacial score (nSPS) is 14.9. The lowest BCUT2D eigenvalue weighted by molar-refractivity contribution is -0.142. The van der Waals surface area contributed by atoms with Crippen molar-refractivity contribution in [3.8, 4) is 0 Å². The lowest BCUT2D eigenvalue weighted by atomic mass is 10.1. The van der Waals surface area contributed by atoms with Gasteiger partial charge in [-0.3, -0.25) is 4.79 Å². The van der Waals surface area contributed by atoms with Crippen molar-refractivity contribution in [2.75, 3.05) is 26.4 Å². The third-order valence-electron chi connectivity index (χ3n) is 2.46. The van der Waals surface area contributed by atoms with E-state index in [1.807, 2.05) is 0 Å². The summed E-state index contributed by atoms with van der Waals surface area (Å²) < 4.78 is 0. The number of Topliss-reactive ketones (excluding diaryl/α,β-unsaturated/α-hetero) is 1. The molecular weight excluding hydrogens is 272 g/mol. The van der Waals surface area contributed by atoms with Gasteiger partial charge in [-0.1, -0.05) is 12.8 Å². The van der Waals surface area contributed by atoms with E-state index in [9.17, 15) is 4.79 Å². The van der Waals surface area contributed by atoms with Gasteiger partial charge in [0.2, 0.25) is 0 Å². The van der Waals surface area contributed by atoms with Crippen molar-refractivity contribution in [2.24, 2.45) is 0 Å². The van der Waals surface area contributed by atoms with Crippen molar-refractivity contribution in [3.05, 3.63) is 0 Å². The maximum atomic E-state index is 10.5. The van der Waals surface area contributed by atoms with Crippen molar-refractivity contribution in [1.29, 1.82) is 0 Å². The first kappa shape index (κ1) is 21.7. The van der Waals surface area contributed by atoms with E-state index in [4.69, 9.17) is 35.7 Å². The zero-order chi connectivity index (χ0) is 16.0. The van der Waals surface area contributed by atoms with Crippen LogP contribution < -0.4 is 0 Å². The van der Waals surface area contributed by atoms with Crippen LogP contribution in [0.15, 0.2) is 0 Å². The van der Waals surface area contributed by atoms with Gasteiger partial charge in [-0.2, -0.15) is 0 Å². The molecular formula is C12H26O8. The van der Waals surface area contributed by atoms with Crippen molar-refractivity contribution < 1.29 is 40.5 Å². The summed E-state index contributed by atoms with van der Waals surface area (Å²) in [5.74, 6) is -1.00. The second kappa shape index (κ2) is 14.8. The molecule has 0 aromatic carbocycles. The first-order chi connectivity index (χ1) is 9.45. The maximum Gasteiger partial charge on any atom is 0.189 e. The lowest BCUT2D eigenvalue weighted by Crippen LogP contribution is -2.44. The third-order valence-corrected chi connectivity index (χ3v) is 2.46. The van der Waals surface area contributed by atoms with Crippen LogP contribution in [0.25, 0.3) is 0 Å². The topological polar surface area (TPSA) is 159 Å². The highest BCUT2D eigenvalue weighted by atomic mass is 16.4. The molecule has 0 saturated carbocycles. The molecule has 0 heterocycles. The molecule has 20 heavy (non-hydrogen) atoms. The van der Waals surface area contributed by atoms with Gasteiger partial charge in [0.05, 0.1) is 6.61 Å². The van der Waals surface area contributed by atoms with Gasteiger partial charge >= 0.3 is 0 Å². The molecule has 0 aromatic rings. The minimum atomic E-state index is -1.86. The van der Waals surface area contributed by atoms with Crippen LogP contribution in [0.1, 0.15) is 25.7 Å². The molecule has 0 bridgehead atoms. The lowest BCUT2D eigenvalue weighted by Gasteiger charge is -2.19. The molecule has 8 nitrogen and oxygen atoms in total. The number of rotatable bonds is 10. The molecule has 0 spiro atoms. The summed E-state index contributed by atoms with van der Waals surface area (Å²) in [5, 5.41) is 59.7. The van der Waals surface area contributed by atoms with Crippen molar-refractivity contribution in [2.45, 2.75) is 44.0 Å². The molecule has 0 aliphatic carbocycles. The van der Waals surface area contributed by atoms with E-state index < -0.39 is 37.3 Å². The Morgan fingerprint density at radius 2 is 1.25 bits per heavy atom. The maximum absolute atomic E-state index is 10.5. The van der Waals surface area contributed by atoms with Crippen molar-refractivity contribution in [1.82, 2.24) is 0 Å². The molecule has 0 rings (SSSR count). The fourth-order valence-electron chi connectivity index (χ4n) is 1.18.